The molecular weight excluding hydrogens is 532 g/mol. The smallest absolute Gasteiger partial charge is 0.250 e. The molecule has 3 aliphatic rings. The van der Waals surface area contributed by atoms with Crippen LogP contribution in [0, 0.1) is 0 Å². The molecule has 1 aromatic carbocycles. The summed E-state index contributed by atoms with van der Waals surface area (Å²) in [5.74, 6) is -0.368. The number of likely N-dealkylation sites (tertiary alicyclic amines) is 3. The molecule has 0 bridgehead atoms. The molecule has 3 fully saturated rings. The number of sulfonamides is 1. The van der Waals surface area contributed by atoms with Gasteiger partial charge in [-0.25, -0.2) is 8.42 Å². The van der Waals surface area contributed by atoms with E-state index in [0.29, 0.717) is 24.4 Å². The summed E-state index contributed by atoms with van der Waals surface area (Å²) < 4.78 is 29.0. The summed E-state index contributed by atoms with van der Waals surface area (Å²) in [7, 11) is -3.89. The summed E-state index contributed by atoms with van der Waals surface area (Å²) in [6, 6.07) is 9.86. The van der Waals surface area contributed by atoms with E-state index in [0.717, 1.165) is 60.8 Å². The molecule has 37 heavy (non-hydrogen) atoms. The molecule has 2 amide bonds. The number of halogens is 1. The number of carbonyl (C=O) groups excluding carboxylic acids is 2. The lowest BCUT2D eigenvalue weighted by Gasteiger charge is -2.34. The number of amides is 2. The Morgan fingerprint density at radius 2 is 1.81 bits per heavy atom. The van der Waals surface area contributed by atoms with Gasteiger partial charge in [0.15, 0.2) is 0 Å². The number of nitrogens with zero attached hydrogens (tertiary/aromatic N) is 3. The molecule has 3 saturated heterocycles. The van der Waals surface area contributed by atoms with Gasteiger partial charge >= 0.3 is 0 Å². The van der Waals surface area contributed by atoms with E-state index in [1.807, 2.05) is 17.0 Å². The Hall–Kier alpha value is -1.98. The first kappa shape index (κ1) is 26.6. The van der Waals surface area contributed by atoms with E-state index in [2.05, 4.69) is 9.62 Å². The lowest BCUT2D eigenvalue weighted by atomic mass is 10.1. The number of benzene rings is 1. The van der Waals surface area contributed by atoms with Gasteiger partial charge in [-0.2, -0.15) is 4.72 Å². The molecule has 8 nitrogen and oxygen atoms in total. The van der Waals surface area contributed by atoms with Crippen molar-refractivity contribution in [2.24, 2.45) is 0 Å². The molecule has 4 heterocycles. The normalized spacial score (nSPS) is 23.2. The van der Waals surface area contributed by atoms with Crippen molar-refractivity contribution in [3.8, 4) is 10.4 Å². The van der Waals surface area contributed by atoms with Gasteiger partial charge in [-0.3, -0.25) is 9.59 Å². The van der Waals surface area contributed by atoms with Gasteiger partial charge in [0.1, 0.15) is 10.3 Å². The Bertz CT molecular complexity index is 1240. The minimum Gasteiger partial charge on any atom is -0.337 e. The van der Waals surface area contributed by atoms with Crippen LogP contribution in [0.15, 0.2) is 40.6 Å². The maximum Gasteiger partial charge on any atom is 0.250 e. The number of thiophene rings is 1. The van der Waals surface area contributed by atoms with Gasteiger partial charge in [-0.05, 0) is 81.4 Å². The topological polar surface area (TPSA) is 90.0 Å². The van der Waals surface area contributed by atoms with Crippen molar-refractivity contribution in [3.63, 3.8) is 0 Å². The first-order valence-electron chi connectivity index (χ1n) is 13.0. The molecular formula is C26H33ClN4O4S2. The number of piperidine rings is 1. The first-order chi connectivity index (χ1) is 17.8. The van der Waals surface area contributed by atoms with Crippen LogP contribution in [0.25, 0.3) is 10.4 Å². The summed E-state index contributed by atoms with van der Waals surface area (Å²) in [5, 5.41) is 0.576. The fourth-order valence-corrected chi connectivity index (χ4v) is 8.32. The molecule has 0 spiro atoms. The van der Waals surface area contributed by atoms with Gasteiger partial charge in [0, 0.05) is 35.6 Å². The van der Waals surface area contributed by atoms with Crippen LogP contribution in [0.2, 0.25) is 5.02 Å². The van der Waals surface area contributed by atoms with Gasteiger partial charge in [-0.15, -0.1) is 11.3 Å². The maximum atomic E-state index is 13.2. The van der Waals surface area contributed by atoms with Crippen LogP contribution in [0.4, 0.5) is 0 Å². The third-order valence-corrected chi connectivity index (χ3v) is 10.8. The van der Waals surface area contributed by atoms with Crippen LogP contribution in [0.1, 0.15) is 38.5 Å². The summed E-state index contributed by atoms with van der Waals surface area (Å²) in [4.78, 5) is 33.1. The molecule has 2 aromatic rings. The minimum absolute atomic E-state index is 0.00543. The largest absolute Gasteiger partial charge is 0.337 e. The van der Waals surface area contributed by atoms with E-state index in [1.165, 1.54) is 17.7 Å². The maximum absolute atomic E-state index is 13.2. The second-order valence-electron chi connectivity index (χ2n) is 10.1. The van der Waals surface area contributed by atoms with Crippen LogP contribution in [-0.4, -0.2) is 86.3 Å². The van der Waals surface area contributed by atoms with E-state index in [4.69, 9.17) is 11.6 Å². The molecule has 0 saturated carbocycles. The molecule has 0 aliphatic carbocycles. The molecule has 5 rings (SSSR count). The monoisotopic (exact) mass is 564 g/mol. The molecule has 2 atom stereocenters. The average molecular weight is 565 g/mol. The summed E-state index contributed by atoms with van der Waals surface area (Å²) >= 11 is 7.21. The van der Waals surface area contributed by atoms with Crippen LogP contribution in [0.3, 0.4) is 0 Å². The highest BCUT2D eigenvalue weighted by Crippen LogP contribution is 2.32. The van der Waals surface area contributed by atoms with Crippen molar-refractivity contribution >= 4 is 44.8 Å². The van der Waals surface area contributed by atoms with Crippen LogP contribution in [0.5, 0.6) is 0 Å². The van der Waals surface area contributed by atoms with E-state index in [-0.39, 0.29) is 28.6 Å². The number of hydrogen-bond acceptors (Lipinski definition) is 6. The Kier molecular flexibility index (Phi) is 8.21. The highest BCUT2D eigenvalue weighted by molar-refractivity contribution is 7.91. The van der Waals surface area contributed by atoms with Crippen molar-refractivity contribution < 1.29 is 18.0 Å². The predicted molar refractivity (Wildman–Crippen MR) is 145 cm³/mol. The highest BCUT2D eigenvalue weighted by Gasteiger charge is 2.36. The quantitative estimate of drug-likeness (QED) is 0.530. The number of carbonyl (C=O) groups is 2. The fourth-order valence-electron chi connectivity index (χ4n) is 5.58. The Morgan fingerprint density at radius 3 is 2.59 bits per heavy atom. The number of rotatable bonds is 8. The van der Waals surface area contributed by atoms with Crippen molar-refractivity contribution in [1.29, 1.82) is 0 Å². The highest BCUT2D eigenvalue weighted by atomic mass is 35.5. The van der Waals surface area contributed by atoms with Gasteiger partial charge < -0.3 is 14.7 Å². The van der Waals surface area contributed by atoms with Crippen LogP contribution >= 0.6 is 22.9 Å². The van der Waals surface area contributed by atoms with Gasteiger partial charge in [0.2, 0.25) is 11.8 Å². The zero-order valence-corrected chi connectivity index (χ0v) is 23.2. The molecule has 2 unspecified atom stereocenters. The lowest BCUT2D eigenvalue weighted by molar-refractivity contribution is -0.143. The van der Waals surface area contributed by atoms with E-state index < -0.39 is 16.1 Å². The standard InChI is InChI=1S/C26H33ClN4O4S2/c27-20-7-3-6-19(16-20)23-10-11-25(36-23)37(34,35)28-22-9-5-14-30(26(22)33)18-24(32)31-15-4-8-21(31)17-29-12-1-2-13-29/h3,6-7,10-11,16,21-22,28H,1-2,4-5,8-9,12-15,17-18H2. The van der Waals surface area contributed by atoms with E-state index in [9.17, 15) is 18.0 Å². The zero-order valence-electron chi connectivity index (χ0n) is 20.8. The molecule has 1 N–H and O–H groups in total. The molecule has 200 valence electrons. The Labute approximate surface area is 227 Å². The second-order valence-corrected chi connectivity index (χ2v) is 13.6. The van der Waals surface area contributed by atoms with Crippen LogP contribution in [-0.2, 0) is 19.6 Å². The van der Waals surface area contributed by atoms with Crippen LogP contribution < -0.4 is 4.72 Å². The summed E-state index contributed by atoms with van der Waals surface area (Å²) in [5.41, 5.74) is 0.835. The van der Waals surface area contributed by atoms with Gasteiger partial charge in [0.25, 0.3) is 10.0 Å². The molecule has 0 radical (unpaired) electrons. The lowest BCUT2D eigenvalue weighted by Crippen LogP contribution is -2.55. The predicted octanol–water partition coefficient (Wildman–Crippen LogP) is 3.42. The summed E-state index contributed by atoms with van der Waals surface area (Å²) in [6.45, 7) is 4.28. The van der Waals surface area contributed by atoms with Gasteiger partial charge in [-0.1, -0.05) is 23.7 Å². The zero-order chi connectivity index (χ0) is 26.0. The van der Waals surface area contributed by atoms with Crippen molar-refractivity contribution in [2.45, 2.75) is 54.8 Å². The van der Waals surface area contributed by atoms with E-state index in [1.54, 1.807) is 24.3 Å². The number of hydrogen-bond donors (Lipinski definition) is 1. The van der Waals surface area contributed by atoms with Crippen molar-refractivity contribution in [1.82, 2.24) is 19.4 Å². The third kappa shape index (κ3) is 6.20. The molecule has 3 aliphatic heterocycles. The fraction of sp³-hybridized carbons (Fsp3) is 0.538. The minimum atomic E-state index is -3.89. The van der Waals surface area contributed by atoms with Gasteiger partial charge in [0.05, 0.1) is 6.54 Å². The van der Waals surface area contributed by atoms with Crippen molar-refractivity contribution in [2.75, 3.05) is 39.3 Å². The third-order valence-electron chi connectivity index (χ3n) is 7.47. The SMILES string of the molecule is O=C1C(NS(=O)(=O)c2ccc(-c3cccc(Cl)c3)s2)CCCN1CC(=O)N1CCCC1CN1CCCC1. The number of nitrogens with one attached hydrogen (secondary N) is 1. The second kappa shape index (κ2) is 11.4. The summed E-state index contributed by atoms with van der Waals surface area (Å²) in [6.07, 6.45) is 5.47. The average Bonchev–Trinajstić information content (AvgIpc) is 3.64. The molecule has 1 aromatic heterocycles. The van der Waals surface area contributed by atoms with Crippen molar-refractivity contribution in [3.05, 3.63) is 41.4 Å². The van der Waals surface area contributed by atoms with E-state index >= 15 is 0 Å². The Morgan fingerprint density at radius 1 is 1.03 bits per heavy atom. The molecule has 11 heteroatoms. The Balaban J connectivity index is 1.21. The first-order valence-corrected chi connectivity index (χ1v) is 15.7.